The van der Waals surface area contributed by atoms with Crippen molar-refractivity contribution in [1.82, 2.24) is 15.4 Å². The predicted octanol–water partition coefficient (Wildman–Crippen LogP) is 5.14. The monoisotopic (exact) mass is 439 g/mol. The van der Waals surface area contributed by atoms with Gasteiger partial charge < -0.3 is 0 Å². The maximum Gasteiger partial charge on any atom is 0.317 e. The first-order valence-corrected chi connectivity index (χ1v) is 12.2. The lowest BCUT2D eigenvalue weighted by Crippen LogP contribution is -2.40. The largest absolute Gasteiger partial charge is 0.317 e. The number of nitrogens with one attached hydrogen (secondary N) is 1. The highest BCUT2D eigenvalue weighted by molar-refractivity contribution is 8.13. The van der Waals surface area contributed by atoms with Crippen LogP contribution in [-0.4, -0.2) is 51.8 Å². The van der Waals surface area contributed by atoms with E-state index in [1.54, 1.807) is 0 Å². The minimum absolute atomic E-state index is 0.155. The lowest BCUT2D eigenvalue weighted by atomic mass is 10.00. The van der Waals surface area contributed by atoms with Crippen LogP contribution >= 0.6 is 20.3 Å². The molecule has 0 aromatic heterocycles. The number of carbonyl (C=O) groups is 1. The van der Waals surface area contributed by atoms with Crippen molar-refractivity contribution in [3.63, 3.8) is 0 Å². The smallest absolute Gasteiger partial charge is 0.293 e. The molecule has 0 amide bonds. The summed E-state index contributed by atoms with van der Waals surface area (Å²) in [6.07, 6.45) is 0. The molecule has 0 atom stereocenters. The quantitative estimate of drug-likeness (QED) is 0.240. The summed E-state index contributed by atoms with van der Waals surface area (Å²) in [6.45, 7) is 22.7. The van der Waals surface area contributed by atoms with Crippen LogP contribution in [0.2, 0.25) is 0 Å². The highest BCUT2D eigenvalue weighted by Crippen LogP contribution is 2.39. The molecule has 0 aromatic carbocycles. The summed E-state index contributed by atoms with van der Waals surface area (Å²) in [4.78, 5) is 17.6. The molecular weight excluding hydrogens is 397 g/mol. The zero-order valence-electron chi connectivity index (χ0n) is 19.6. The number of carbonyl (C=O) groups excluding carboxylic acids is 1. The number of nitrogens with zero attached hydrogens (tertiary/aromatic N) is 2. The highest BCUT2D eigenvalue weighted by Gasteiger charge is 2.27. The molecule has 0 saturated heterocycles. The fraction of sp³-hybridized carbons (Fsp3) is 0.947. The average Bonchev–Trinajstić information content (AvgIpc) is 2.53. The van der Waals surface area contributed by atoms with Crippen LogP contribution in [0.3, 0.4) is 0 Å². The fourth-order valence-corrected chi connectivity index (χ4v) is 4.46. The second kappa shape index (κ2) is 13.5. The fourth-order valence-electron chi connectivity index (χ4n) is 2.28. The highest BCUT2D eigenvalue weighted by atomic mass is 32.2. The van der Waals surface area contributed by atoms with Crippen molar-refractivity contribution >= 4 is 25.4 Å². The molecule has 0 rings (SSSR count). The van der Waals surface area contributed by atoms with Crippen molar-refractivity contribution in [3.8, 4) is 0 Å². The van der Waals surface area contributed by atoms with Crippen LogP contribution in [0.15, 0.2) is 0 Å². The van der Waals surface area contributed by atoms with Gasteiger partial charge in [-0.1, -0.05) is 32.5 Å². The Hall–Kier alpha value is 0.210. The van der Waals surface area contributed by atoms with Gasteiger partial charge in [-0.15, -0.1) is 5.25 Å². The van der Waals surface area contributed by atoms with Gasteiger partial charge in [0.15, 0.2) is 5.12 Å². The van der Waals surface area contributed by atoms with Gasteiger partial charge in [0.05, 0.1) is 6.61 Å². The Labute approximate surface area is 178 Å². The number of hydroxylamine groups is 4. The lowest BCUT2D eigenvalue weighted by Gasteiger charge is -2.36. The van der Waals surface area contributed by atoms with Gasteiger partial charge in [-0.3, -0.25) is 9.63 Å². The van der Waals surface area contributed by atoms with Crippen LogP contribution in [0.4, 0.5) is 0 Å². The van der Waals surface area contributed by atoms with E-state index in [1.165, 1.54) is 11.8 Å². The Balaban J connectivity index is 4.82. The van der Waals surface area contributed by atoms with Gasteiger partial charge in [0.2, 0.25) is 0 Å². The van der Waals surface area contributed by atoms with E-state index in [1.807, 2.05) is 30.9 Å². The Morgan fingerprint density at radius 1 is 0.893 bits per heavy atom. The predicted molar refractivity (Wildman–Crippen MR) is 119 cm³/mol. The Morgan fingerprint density at radius 2 is 1.29 bits per heavy atom. The van der Waals surface area contributed by atoms with E-state index in [9.17, 15) is 4.79 Å². The summed E-state index contributed by atoms with van der Waals surface area (Å²) < 4.78 is 12.2. The van der Waals surface area contributed by atoms with Crippen LogP contribution < -0.4 is 5.25 Å². The number of hydrogen-bond donors (Lipinski definition) is 1. The second-order valence-electron chi connectivity index (χ2n) is 8.84. The molecule has 0 aliphatic carbocycles. The Bertz CT molecular complexity index is 407. The number of hydrogen-bond acceptors (Lipinski definition) is 8. The van der Waals surface area contributed by atoms with E-state index in [4.69, 9.17) is 14.1 Å². The molecule has 0 unspecified atom stereocenters. The molecule has 0 bridgehead atoms. The molecule has 0 heterocycles. The number of rotatable bonds is 13. The first kappa shape index (κ1) is 28.2. The first-order chi connectivity index (χ1) is 12.8. The first-order valence-electron chi connectivity index (χ1n) is 10.0. The minimum Gasteiger partial charge on any atom is -0.293 e. The normalized spacial score (nSPS) is 13.4. The third-order valence-corrected chi connectivity index (χ3v) is 5.74. The summed E-state index contributed by atoms with van der Waals surface area (Å²) in [5.74, 6) is 0.572. The van der Waals surface area contributed by atoms with Gasteiger partial charge in [-0.2, -0.15) is 10.1 Å². The average molecular weight is 440 g/mol. The van der Waals surface area contributed by atoms with Crippen LogP contribution in [0.5, 0.6) is 0 Å². The van der Waals surface area contributed by atoms with Crippen molar-refractivity contribution in [2.45, 2.75) is 100 Å². The molecule has 0 aliphatic heterocycles. The van der Waals surface area contributed by atoms with Crippen molar-refractivity contribution in [2.24, 2.45) is 5.41 Å². The molecule has 7 nitrogen and oxygen atoms in total. The molecule has 1 N–H and O–H groups in total. The van der Waals surface area contributed by atoms with Crippen molar-refractivity contribution in [1.29, 1.82) is 0 Å². The van der Waals surface area contributed by atoms with Crippen LogP contribution in [0.1, 0.15) is 76.2 Å². The number of thioether (sulfide) groups is 1. The molecule has 168 valence electrons. The summed E-state index contributed by atoms with van der Waals surface area (Å²) in [5.41, 5.74) is -0.346. The van der Waals surface area contributed by atoms with Gasteiger partial charge in [-0.05, 0) is 55.4 Å². The topological polar surface area (TPSA) is 63.3 Å². The second-order valence-corrected chi connectivity index (χ2v) is 10.9. The summed E-state index contributed by atoms with van der Waals surface area (Å²) in [7, 11) is -1.54. The maximum absolute atomic E-state index is 12.0. The summed E-state index contributed by atoms with van der Waals surface area (Å²) in [6, 6.07) is 0.785. The molecule has 0 spiro atoms. The van der Waals surface area contributed by atoms with E-state index in [2.05, 4.69) is 60.6 Å². The maximum atomic E-state index is 12.0. The summed E-state index contributed by atoms with van der Waals surface area (Å²) >= 11 is 1.28. The van der Waals surface area contributed by atoms with Crippen LogP contribution in [0.25, 0.3) is 0 Å². The Morgan fingerprint density at radius 3 is 1.61 bits per heavy atom. The van der Waals surface area contributed by atoms with Crippen molar-refractivity contribution < 1.29 is 18.9 Å². The molecule has 0 fully saturated rings. The van der Waals surface area contributed by atoms with E-state index >= 15 is 0 Å². The molecular formula is C19H42N3O4PS. The van der Waals surface area contributed by atoms with Crippen LogP contribution in [0, 0.1) is 5.41 Å². The van der Waals surface area contributed by atoms with E-state index in [0.717, 1.165) is 0 Å². The molecule has 28 heavy (non-hydrogen) atoms. The van der Waals surface area contributed by atoms with Crippen molar-refractivity contribution in [3.05, 3.63) is 0 Å². The van der Waals surface area contributed by atoms with E-state index < -0.39 is 8.53 Å². The van der Waals surface area contributed by atoms with Gasteiger partial charge in [0.1, 0.15) is 0 Å². The van der Waals surface area contributed by atoms with E-state index in [0.29, 0.717) is 12.4 Å². The zero-order valence-corrected chi connectivity index (χ0v) is 21.3. The molecule has 0 aliphatic rings. The van der Waals surface area contributed by atoms with Crippen LogP contribution in [-0.2, 0) is 18.9 Å². The minimum atomic E-state index is -1.54. The van der Waals surface area contributed by atoms with Crippen molar-refractivity contribution in [2.75, 3.05) is 12.4 Å². The molecule has 9 heteroatoms. The van der Waals surface area contributed by atoms with Gasteiger partial charge in [0.25, 0.3) is 0 Å². The molecule has 0 aromatic rings. The third kappa shape index (κ3) is 11.4. The van der Waals surface area contributed by atoms with Gasteiger partial charge in [-0.25, -0.2) is 9.25 Å². The standard InChI is InChI=1S/C19H42N3O4PS/c1-14(2)21(15(3)4)25-27(26-22(16(5)6)17(7)8)20-24-12-13-28-18(23)19(9,10)11/h14-17,20H,12-13H2,1-11H3. The summed E-state index contributed by atoms with van der Waals surface area (Å²) in [5, 5.41) is 6.88. The van der Waals surface area contributed by atoms with Gasteiger partial charge in [0, 0.05) is 35.3 Å². The molecule has 0 saturated carbocycles. The van der Waals surface area contributed by atoms with Gasteiger partial charge >= 0.3 is 8.53 Å². The zero-order chi connectivity index (χ0) is 22.1. The Kier molecular flexibility index (Phi) is 13.6. The SMILES string of the molecule is CC(C)N(OP(NOCCSC(=O)C(C)(C)C)ON(C(C)C)C(C)C)C(C)C. The third-order valence-electron chi connectivity index (χ3n) is 3.54. The van der Waals surface area contributed by atoms with E-state index in [-0.39, 0.29) is 34.7 Å². The lowest BCUT2D eigenvalue weighted by molar-refractivity contribution is -0.165. The molecule has 0 radical (unpaired) electrons.